The molecular weight excluding hydrogens is 470 g/mol. The van der Waals surface area contributed by atoms with Gasteiger partial charge in [-0.2, -0.15) is 0 Å². The average Bonchev–Trinajstić information content (AvgIpc) is 3.20. The predicted octanol–water partition coefficient (Wildman–Crippen LogP) is 5.68. The van der Waals surface area contributed by atoms with Gasteiger partial charge in [0, 0.05) is 12.8 Å². The Morgan fingerprint density at radius 1 is 0.811 bits per heavy atom. The molecule has 0 aromatic rings. The first kappa shape index (κ1) is 35.5. The Labute approximate surface area is 226 Å². The molecule has 0 bridgehead atoms. The highest BCUT2D eigenvalue weighted by Gasteiger charge is 2.44. The maximum absolute atomic E-state index is 11.3. The van der Waals surface area contributed by atoms with Crippen molar-refractivity contribution in [3.8, 4) is 0 Å². The average molecular weight is 530 g/mol. The van der Waals surface area contributed by atoms with E-state index in [1.807, 2.05) is 28.1 Å². The Bertz CT molecular complexity index is 648. The number of unbranched alkanes of at least 4 members (excludes halogenated alkanes) is 13. The van der Waals surface area contributed by atoms with Gasteiger partial charge in [0.25, 0.3) is 0 Å². The molecule has 0 aromatic carbocycles. The summed E-state index contributed by atoms with van der Waals surface area (Å²) in [7, 11) is 5.52. The lowest BCUT2D eigenvalue weighted by atomic mass is 10.0. The molecular formula is C29H59N3O5+2. The number of rotatable bonds is 21. The first-order valence-electron chi connectivity index (χ1n) is 14.8. The normalized spacial score (nSPS) is 18.2. The van der Waals surface area contributed by atoms with E-state index < -0.39 is 18.2 Å². The Morgan fingerprint density at radius 3 is 1.62 bits per heavy atom. The molecule has 8 heteroatoms. The van der Waals surface area contributed by atoms with Crippen molar-refractivity contribution in [1.82, 2.24) is 0 Å². The number of aliphatic hydroxyl groups is 1. The van der Waals surface area contributed by atoms with Crippen LogP contribution in [0.4, 0.5) is 0 Å². The Kier molecular flexibility index (Phi) is 19.6. The van der Waals surface area contributed by atoms with E-state index in [0.29, 0.717) is 24.0 Å². The second-order valence-electron chi connectivity index (χ2n) is 11.7. The molecule has 1 aliphatic heterocycles. The van der Waals surface area contributed by atoms with Crippen molar-refractivity contribution in [3.05, 3.63) is 0 Å². The van der Waals surface area contributed by atoms with Gasteiger partial charge in [0.1, 0.15) is 6.54 Å². The number of aliphatic hydroxyl groups excluding tert-OH is 1. The van der Waals surface area contributed by atoms with Crippen molar-refractivity contribution in [3.63, 3.8) is 0 Å². The lowest BCUT2D eigenvalue weighted by molar-refractivity contribution is -0.879. The zero-order chi connectivity index (χ0) is 28.2. The van der Waals surface area contributed by atoms with Gasteiger partial charge in [-0.25, -0.2) is 19.1 Å². The van der Waals surface area contributed by atoms with Crippen LogP contribution in [0.3, 0.4) is 0 Å². The number of aliphatic imine (C=N–C) groups is 1. The van der Waals surface area contributed by atoms with Gasteiger partial charge in [-0.05, 0) is 6.42 Å². The largest absolute Gasteiger partial charge is 0.477 e. The van der Waals surface area contributed by atoms with Gasteiger partial charge >= 0.3 is 11.9 Å². The quantitative estimate of drug-likeness (QED) is 0.131. The summed E-state index contributed by atoms with van der Waals surface area (Å²) in [4.78, 5) is 25.9. The Hall–Kier alpha value is -1.51. The van der Waals surface area contributed by atoms with Crippen molar-refractivity contribution in [2.75, 3.05) is 47.3 Å². The van der Waals surface area contributed by atoms with Gasteiger partial charge in [0.05, 0.1) is 27.7 Å². The molecule has 0 aliphatic carbocycles. The van der Waals surface area contributed by atoms with Crippen molar-refractivity contribution >= 4 is 17.8 Å². The van der Waals surface area contributed by atoms with Crippen molar-refractivity contribution < 1.29 is 33.9 Å². The van der Waals surface area contributed by atoms with Gasteiger partial charge < -0.3 is 19.8 Å². The highest BCUT2D eigenvalue weighted by atomic mass is 16.4. The topological polar surface area (TPSA) is 107 Å². The van der Waals surface area contributed by atoms with Crippen molar-refractivity contribution in [2.24, 2.45) is 4.99 Å². The molecule has 0 fully saturated rings. The molecule has 0 aromatic heterocycles. The molecule has 3 N–H and O–H groups in total. The Morgan fingerprint density at radius 2 is 1.27 bits per heavy atom. The zero-order valence-corrected chi connectivity index (χ0v) is 24.7. The predicted molar refractivity (Wildman–Crippen MR) is 152 cm³/mol. The smallest absolute Gasteiger partial charge is 0.359 e. The highest BCUT2D eigenvalue weighted by Crippen LogP contribution is 2.25. The number of hydrogen-bond donors (Lipinski definition) is 3. The molecule has 0 spiro atoms. The summed E-state index contributed by atoms with van der Waals surface area (Å²) < 4.78 is 0.639. The van der Waals surface area contributed by atoms with Crippen LogP contribution in [0.25, 0.3) is 0 Å². The summed E-state index contributed by atoms with van der Waals surface area (Å²) in [6.07, 6.45) is 19.4. The van der Waals surface area contributed by atoms with Crippen LogP contribution in [0.15, 0.2) is 4.99 Å². The van der Waals surface area contributed by atoms with E-state index in [-0.39, 0.29) is 17.6 Å². The van der Waals surface area contributed by atoms with Crippen LogP contribution in [0.1, 0.15) is 117 Å². The summed E-state index contributed by atoms with van der Waals surface area (Å²) in [6, 6.07) is 0. The number of amidine groups is 1. The minimum atomic E-state index is -0.854. The van der Waals surface area contributed by atoms with Crippen LogP contribution >= 0.6 is 0 Å². The fourth-order valence-corrected chi connectivity index (χ4v) is 5.00. The molecule has 0 amide bonds. The summed E-state index contributed by atoms with van der Waals surface area (Å²) in [6.45, 7) is 5.57. The monoisotopic (exact) mass is 529 g/mol. The fourth-order valence-electron chi connectivity index (χ4n) is 5.00. The molecule has 37 heavy (non-hydrogen) atoms. The van der Waals surface area contributed by atoms with E-state index in [2.05, 4.69) is 11.9 Å². The van der Waals surface area contributed by atoms with E-state index in [1.165, 1.54) is 83.5 Å². The standard InChI is InChI=1S/C24H46N2O3.C5H11NO2/c1-3-5-6-7-8-9-10-11-12-13-14-15-16-17-18-22-25-19-20-26(22,21-24(28)29)23(27)4-2;1-6(2,3)4-5(7)8/h23,27H,3-21H2,1-2H3;4H2,1-3H3/p+2. The lowest BCUT2D eigenvalue weighted by Crippen LogP contribution is -2.60. The van der Waals surface area contributed by atoms with Crippen molar-refractivity contribution in [2.45, 2.75) is 123 Å². The van der Waals surface area contributed by atoms with E-state index in [9.17, 15) is 19.8 Å². The molecule has 8 nitrogen and oxygen atoms in total. The fraction of sp³-hybridized carbons (Fsp3) is 0.897. The summed E-state index contributed by atoms with van der Waals surface area (Å²) in [5.74, 6) is -0.703. The molecule has 1 heterocycles. The van der Waals surface area contributed by atoms with Gasteiger partial charge in [-0.3, -0.25) is 0 Å². The van der Waals surface area contributed by atoms with Gasteiger partial charge in [-0.15, -0.1) is 0 Å². The lowest BCUT2D eigenvalue weighted by Gasteiger charge is -2.37. The van der Waals surface area contributed by atoms with Gasteiger partial charge in [-0.1, -0.05) is 97.3 Å². The van der Waals surface area contributed by atoms with Crippen LogP contribution in [0.2, 0.25) is 0 Å². The summed E-state index contributed by atoms with van der Waals surface area (Å²) in [5.41, 5.74) is 0. The number of aliphatic carboxylic acids is 2. The number of likely N-dealkylation sites (N-methyl/N-ethyl adjacent to an activating group) is 1. The molecule has 0 radical (unpaired) electrons. The molecule has 2 unspecified atom stereocenters. The second kappa shape index (κ2) is 20.5. The molecule has 1 rings (SSSR count). The third-order valence-electron chi connectivity index (χ3n) is 7.02. The van der Waals surface area contributed by atoms with E-state index in [1.54, 1.807) is 0 Å². The first-order chi connectivity index (χ1) is 17.5. The van der Waals surface area contributed by atoms with Crippen LogP contribution in [-0.2, 0) is 9.59 Å². The summed E-state index contributed by atoms with van der Waals surface area (Å²) in [5, 5.41) is 28.0. The number of carbonyl (C=O) groups is 2. The maximum atomic E-state index is 11.3. The zero-order valence-electron chi connectivity index (χ0n) is 24.7. The van der Waals surface area contributed by atoms with Crippen LogP contribution in [-0.4, -0.2) is 95.6 Å². The molecule has 1 aliphatic rings. The number of nitrogens with zero attached hydrogens (tertiary/aromatic N) is 3. The third-order valence-corrected chi connectivity index (χ3v) is 7.02. The maximum Gasteiger partial charge on any atom is 0.359 e. The molecule has 0 saturated heterocycles. The molecule has 0 saturated carbocycles. The van der Waals surface area contributed by atoms with Gasteiger partial charge in [0.15, 0.2) is 19.3 Å². The van der Waals surface area contributed by atoms with Crippen LogP contribution < -0.4 is 0 Å². The SMILES string of the molecule is CCCCCCCCCCCCCCCCC1=NCC[N+]1(CC(=O)O)C(O)CC.C[N+](C)(C)CC(=O)O. The minimum Gasteiger partial charge on any atom is -0.477 e. The van der Waals surface area contributed by atoms with E-state index >= 15 is 0 Å². The molecule has 2 atom stereocenters. The number of carboxylic acid groups (broad SMARTS) is 2. The number of hydrogen-bond acceptors (Lipinski definition) is 4. The van der Waals surface area contributed by atoms with Crippen LogP contribution in [0, 0.1) is 0 Å². The van der Waals surface area contributed by atoms with Crippen molar-refractivity contribution in [1.29, 1.82) is 0 Å². The summed E-state index contributed by atoms with van der Waals surface area (Å²) >= 11 is 0. The Balaban J connectivity index is 0.00000139. The number of carboxylic acids is 2. The minimum absolute atomic E-state index is 0.0492. The van der Waals surface area contributed by atoms with E-state index in [4.69, 9.17) is 5.11 Å². The second-order valence-corrected chi connectivity index (χ2v) is 11.7. The number of quaternary nitrogens is 2. The van der Waals surface area contributed by atoms with E-state index in [0.717, 1.165) is 18.7 Å². The highest BCUT2D eigenvalue weighted by molar-refractivity contribution is 5.80. The molecule has 218 valence electrons. The first-order valence-corrected chi connectivity index (χ1v) is 14.8. The third kappa shape index (κ3) is 17.6. The van der Waals surface area contributed by atoms with Gasteiger partial charge in [0.2, 0.25) is 5.84 Å². The van der Waals surface area contributed by atoms with Crippen LogP contribution in [0.5, 0.6) is 0 Å².